The third kappa shape index (κ3) is 1.65. The van der Waals surface area contributed by atoms with Crippen LogP contribution in [0, 0.1) is 0 Å². The molecule has 0 unspecified atom stereocenters. The van der Waals surface area contributed by atoms with Crippen LogP contribution in [0.2, 0.25) is 0 Å². The van der Waals surface area contributed by atoms with Gasteiger partial charge in [0.1, 0.15) is 0 Å². The minimum absolute atomic E-state index is 0. The van der Waals surface area contributed by atoms with E-state index in [2.05, 4.69) is 5.10 Å². The maximum Gasteiger partial charge on any atom is 0.266 e. The van der Waals surface area contributed by atoms with Crippen LogP contribution < -0.4 is 5.56 Å². The van der Waals surface area contributed by atoms with Gasteiger partial charge in [-0.3, -0.25) is 4.79 Å². The predicted octanol–water partition coefficient (Wildman–Crippen LogP) is -1.04. The van der Waals surface area contributed by atoms with Crippen LogP contribution in [0.25, 0.3) is 0 Å². The number of aryl methyl sites for hydroxylation is 1. The number of hydrogen-bond acceptors (Lipinski definition) is 2. The average molecular weight is 128 g/mol. The zero-order valence-electron chi connectivity index (χ0n) is 5.03. The normalized spacial score (nSPS) is 8.11. The van der Waals surface area contributed by atoms with Crippen LogP contribution in [-0.2, 0) is 7.05 Å². The van der Waals surface area contributed by atoms with Gasteiger partial charge in [0.25, 0.3) is 5.56 Å². The molecule has 1 aromatic rings. The molecule has 0 bridgehead atoms. The maximum atomic E-state index is 10.5. The van der Waals surface area contributed by atoms with Gasteiger partial charge in [-0.25, -0.2) is 4.68 Å². The van der Waals surface area contributed by atoms with Gasteiger partial charge in [0.2, 0.25) is 0 Å². The molecule has 4 nitrogen and oxygen atoms in total. The monoisotopic (exact) mass is 128 g/mol. The molecule has 0 aliphatic carbocycles. The fourth-order valence-electron chi connectivity index (χ4n) is 0.429. The van der Waals surface area contributed by atoms with E-state index in [1.165, 1.54) is 10.7 Å². The topological polar surface area (TPSA) is 66.4 Å². The Hall–Kier alpha value is -1.16. The van der Waals surface area contributed by atoms with Crippen molar-refractivity contribution in [2.24, 2.45) is 7.05 Å². The SMILES string of the molecule is Cn1ncccc1=O.O. The quantitative estimate of drug-likeness (QED) is 0.447. The molecule has 0 fully saturated rings. The van der Waals surface area contributed by atoms with Crippen molar-refractivity contribution in [3.8, 4) is 0 Å². The lowest BCUT2D eigenvalue weighted by Crippen LogP contribution is -2.16. The highest BCUT2D eigenvalue weighted by molar-refractivity contribution is 4.83. The van der Waals surface area contributed by atoms with Crippen molar-refractivity contribution in [2.75, 3.05) is 0 Å². The van der Waals surface area contributed by atoms with E-state index in [4.69, 9.17) is 0 Å². The van der Waals surface area contributed by atoms with Crippen molar-refractivity contribution >= 4 is 0 Å². The standard InChI is InChI=1S/C5H6N2O.H2O/c1-7-5(8)3-2-4-6-7;/h2-4H,1H3;1H2. The molecule has 0 amide bonds. The fourth-order valence-corrected chi connectivity index (χ4v) is 0.429. The Bertz CT molecular complexity index is 230. The molecule has 0 aromatic carbocycles. The van der Waals surface area contributed by atoms with E-state index in [0.717, 1.165) is 0 Å². The zero-order chi connectivity index (χ0) is 5.98. The Labute approximate surface area is 52.1 Å². The van der Waals surface area contributed by atoms with E-state index in [9.17, 15) is 4.79 Å². The molecule has 1 rings (SSSR count). The van der Waals surface area contributed by atoms with Crippen molar-refractivity contribution in [2.45, 2.75) is 0 Å². The molecule has 0 atom stereocenters. The van der Waals surface area contributed by atoms with Gasteiger partial charge < -0.3 is 5.48 Å². The highest BCUT2D eigenvalue weighted by Crippen LogP contribution is 1.66. The van der Waals surface area contributed by atoms with Gasteiger partial charge in [0.15, 0.2) is 0 Å². The first-order valence-corrected chi connectivity index (χ1v) is 2.29. The second kappa shape index (κ2) is 2.99. The second-order valence-corrected chi connectivity index (χ2v) is 1.49. The van der Waals surface area contributed by atoms with Crippen LogP contribution in [0.15, 0.2) is 23.1 Å². The van der Waals surface area contributed by atoms with Gasteiger partial charge in [-0.15, -0.1) is 0 Å². The van der Waals surface area contributed by atoms with Gasteiger partial charge in [0.05, 0.1) is 0 Å². The molecule has 1 heterocycles. The smallest absolute Gasteiger partial charge is 0.266 e. The first kappa shape index (κ1) is 7.84. The minimum atomic E-state index is -0.0764. The minimum Gasteiger partial charge on any atom is -0.412 e. The van der Waals surface area contributed by atoms with Crippen LogP contribution in [0.1, 0.15) is 0 Å². The van der Waals surface area contributed by atoms with Gasteiger partial charge in [0, 0.05) is 19.3 Å². The van der Waals surface area contributed by atoms with Crippen molar-refractivity contribution < 1.29 is 5.48 Å². The first-order valence-electron chi connectivity index (χ1n) is 2.29. The molecular formula is C5H8N2O2. The van der Waals surface area contributed by atoms with Crippen LogP contribution in [0.4, 0.5) is 0 Å². The third-order valence-corrected chi connectivity index (χ3v) is 0.884. The molecule has 50 valence electrons. The molecule has 0 saturated carbocycles. The predicted molar refractivity (Wildman–Crippen MR) is 33.1 cm³/mol. The van der Waals surface area contributed by atoms with Crippen LogP contribution >= 0.6 is 0 Å². The van der Waals surface area contributed by atoms with E-state index < -0.39 is 0 Å². The van der Waals surface area contributed by atoms with Crippen molar-refractivity contribution in [1.29, 1.82) is 0 Å². The van der Waals surface area contributed by atoms with E-state index in [1.54, 1.807) is 19.3 Å². The third-order valence-electron chi connectivity index (χ3n) is 0.884. The Kier molecular flexibility index (Phi) is 2.60. The van der Waals surface area contributed by atoms with E-state index in [1.807, 2.05) is 0 Å². The lowest BCUT2D eigenvalue weighted by Gasteiger charge is -1.87. The van der Waals surface area contributed by atoms with E-state index in [0.29, 0.717) is 0 Å². The largest absolute Gasteiger partial charge is 0.412 e. The molecule has 9 heavy (non-hydrogen) atoms. The Morgan fingerprint density at radius 2 is 2.33 bits per heavy atom. The van der Waals surface area contributed by atoms with Crippen LogP contribution in [-0.4, -0.2) is 15.3 Å². The highest BCUT2D eigenvalue weighted by Gasteiger charge is 1.80. The van der Waals surface area contributed by atoms with Gasteiger partial charge in [-0.05, 0) is 6.07 Å². The van der Waals surface area contributed by atoms with Gasteiger partial charge in [-0.2, -0.15) is 5.10 Å². The summed E-state index contributed by atoms with van der Waals surface area (Å²) in [5, 5.41) is 3.68. The average Bonchev–Trinajstić information content (AvgIpc) is 1.77. The van der Waals surface area contributed by atoms with Crippen molar-refractivity contribution in [1.82, 2.24) is 9.78 Å². The second-order valence-electron chi connectivity index (χ2n) is 1.49. The van der Waals surface area contributed by atoms with Crippen LogP contribution in [0.3, 0.4) is 0 Å². The first-order chi connectivity index (χ1) is 3.80. The molecule has 0 saturated heterocycles. The lowest BCUT2D eigenvalue weighted by atomic mass is 10.6. The lowest BCUT2D eigenvalue weighted by molar-refractivity contribution is 0.707. The summed E-state index contributed by atoms with van der Waals surface area (Å²) in [7, 11) is 1.61. The summed E-state index contributed by atoms with van der Waals surface area (Å²) in [6, 6.07) is 3.08. The van der Waals surface area contributed by atoms with Gasteiger partial charge in [-0.1, -0.05) is 0 Å². The fraction of sp³-hybridized carbons (Fsp3) is 0.200. The van der Waals surface area contributed by atoms with Gasteiger partial charge >= 0.3 is 0 Å². The molecule has 1 aromatic heterocycles. The molecule has 0 aliphatic heterocycles. The maximum absolute atomic E-state index is 10.5. The Morgan fingerprint density at radius 1 is 1.67 bits per heavy atom. The summed E-state index contributed by atoms with van der Waals surface area (Å²) >= 11 is 0. The summed E-state index contributed by atoms with van der Waals surface area (Å²) in [6.45, 7) is 0. The Balaban J connectivity index is 0.000000640. The Morgan fingerprint density at radius 3 is 2.67 bits per heavy atom. The number of nitrogens with zero attached hydrogens (tertiary/aromatic N) is 2. The van der Waals surface area contributed by atoms with Crippen molar-refractivity contribution in [3.63, 3.8) is 0 Å². The molecule has 0 radical (unpaired) electrons. The summed E-state index contributed by atoms with van der Waals surface area (Å²) in [6.07, 6.45) is 1.57. The molecular weight excluding hydrogens is 120 g/mol. The summed E-state index contributed by atoms with van der Waals surface area (Å²) in [5.74, 6) is 0. The van der Waals surface area contributed by atoms with Crippen molar-refractivity contribution in [3.05, 3.63) is 28.7 Å². The molecule has 0 spiro atoms. The molecule has 0 aliphatic rings. The van der Waals surface area contributed by atoms with Crippen LogP contribution in [0.5, 0.6) is 0 Å². The number of hydrogen-bond donors (Lipinski definition) is 0. The summed E-state index contributed by atoms with van der Waals surface area (Å²) in [5.41, 5.74) is -0.0764. The number of aromatic nitrogens is 2. The highest BCUT2D eigenvalue weighted by atomic mass is 16.1. The van der Waals surface area contributed by atoms with E-state index >= 15 is 0 Å². The van der Waals surface area contributed by atoms with E-state index in [-0.39, 0.29) is 11.0 Å². The zero-order valence-corrected chi connectivity index (χ0v) is 5.03. The summed E-state index contributed by atoms with van der Waals surface area (Å²) < 4.78 is 1.28. The molecule has 4 heteroatoms. The molecule has 2 N–H and O–H groups in total. The number of rotatable bonds is 0. The summed E-state index contributed by atoms with van der Waals surface area (Å²) in [4.78, 5) is 10.5.